The number of aromatic nitrogens is 7. The maximum Gasteiger partial charge on any atom is 0.235 e. The molecule has 0 bridgehead atoms. The summed E-state index contributed by atoms with van der Waals surface area (Å²) < 4.78 is 6.93. The van der Waals surface area contributed by atoms with Crippen LogP contribution in [-0.2, 0) is 0 Å². The van der Waals surface area contributed by atoms with Crippen molar-refractivity contribution in [3.05, 3.63) is 54.4 Å². The number of rotatable bonds is 4. The van der Waals surface area contributed by atoms with Crippen LogP contribution in [0.1, 0.15) is 5.69 Å². The Morgan fingerprint density at radius 1 is 1.04 bits per heavy atom. The molecule has 0 saturated carbocycles. The second-order valence-corrected chi connectivity index (χ2v) is 7.16. The van der Waals surface area contributed by atoms with Gasteiger partial charge in [0.15, 0.2) is 0 Å². The average molecular weight is 389 g/mol. The third kappa shape index (κ3) is 2.81. The van der Waals surface area contributed by atoms with Crippen molar-refractivity contribution in [2.75, 3.05) is 7.11 Å². The van der Waals surface area contributed by atoms with Gasteiger partial charge in [0.2, 0.25) is 10.8 Å². The van der Waals surface area contributed by atoms with Gasteiger partial charge in [-0.2, -0.15) is 14.7 Å². The summed E-state index contributed by atoms with van der Waals surface area (Å²) >= 11 is 1.47. The van der Waals surface area contributed by atoms with E-state index in [0.717, 1.165) is 39.0 Å². The summed E-state index contributed by atoms with van der Waals surface area (Å²) in [5.74, 6) is 1.42. The standard InChI is InChI=1S/C19H15N7OS/c1-11-3-4-13(10-20-11)18-25-26-17(23-24-19(26)28-18)16-9-15(21-22-16)12-5-7-14(27-2)8-6-12/h3-10H,1-2H3,(H,21,22). The molecule has 5 aromatic rings. The molecule has 0 aliphatic rings. The van der Waals surface area contributed by atoms with Crippen LogP contribution in [0.4, 0.5) is 0 Å². The van der Waals surface area contributed by atoms with Gasteiger partial charge < -0.3 is 4.74 Å². The van der Waals surface area contributed by atoms with Gasteiger partial charge in [-0.05, 0) is 49.4 Å². The number of pyridine rings is 1. The van der Waals surface area contributed by atoms with Crippen molar-refractivity contribution in [1.82, 2.24) is 35.0 Å². The van der Waals surface area contributed by atoms with Gasteiger partial charge in [-0.15, -0.1) is 10.2 Å². The van der Waals surface area contributed by atoms with Crippen LogP contribution in [0.5, 0.6) is 5.75 Å². The van der Waals surface area contributed by atoms with Crippen molar-refractivity contribution in [3.63, 3.8) is 0 Å². The van der Waals surface area contributed by atoms with Crippen LogP contribution >= 0.6 is 11.3 Å². The summed E-state index contributed by atoms with van der Waals surface area (Å²) in [6, 6.07) is 13.6. The summed E-state index contributed by atoms with van der Waals surface area (Å²) in [7, 11) is 1.65. The lowest BCUT2D eigenvalue weighted by Gasteiger charge is -1.99. The van der Waals surface area contributed by atoms with Crippen LogP contribution in [0.2, 0.25) is 0 Å². The lowest BCUT2D eigenvalue weighted by atomic mass is 10.1. The molecule has 0 aliphatic heterocycles. The maximum atomic E-state index is 5.20. The zero-order chi connectivity index (χ0) is 19.1. The first kappa shape index (κ1) is 16.6. The predicted molar refractivity (Wildman–Crippen MR) is 106 cm³/mol. The minimum atomic E-state index is 0.616. The minimum absolute atomic E-state index is 0.616. The number of aromatic amines is 1. The number of benzene rings is 1. The number of nitrogens with zero attached hydrogens (tertiary/aromatic N) is 6. The monoisotopic (exact) mass is 389 g/mol. The van der Waals surface area contributed by atoms with Gasteiger partial charge >= 0.3 is 0 Å². The minimum Gasteiger partial charge on any atom is -0.497 e. The van der Waals surface area contributed by atoms with E-state index in [-0.39, 0.29) is 0 Å². The van der Waals surface area contributed by atoms with Gasteiger partial charge in [0.05, 0.1) is 12.8 Å². The highest BCUT2D eigenvalue weighted by molar-refractivity contribution is 7.19. The Morgan fingerprint density at radius 2 is 1.86 bits per heavy atom. The first-order valence-corrected chi connectivity index (χ1v) is 9.38. The molecule has 9 heteroatoms. The Labute approximate surface area is 163 Å². The van der Waals surface area contributed by atoms with Crippen LogP contribution in [-0.4, -0.2) is 42.1 Å². The van der Waals surface area contributed by atoms with E-state index in [4.69, 9.17) is 4.74 Å². The molecule has 0 spiro atoms. The van der Waals surface area contributed by atoms with Gasteiger partial charge in [0, 0.05) is 23.0 Å². The summed E-state index contributed by atoms with van der Waals surface area (Å²) in [5, 5.41) is 21.4. The molecule has 8 nitrogen and oxygen atoms in total. The largest absolute Gasteiger partial charge is 0.497 e. The Balaban J connectivity index is 1.51. The number of nitrogens with one attached hydrogen (secondary N) is 1. The lowest BCUT2D eigenvalue weighted by Crippen LogP contribution is -1.91. The SMILES string of the molecule is COc1ccc(-c2cc(-c3nnc4sc(-c5ccc(C)nc5)nn34)[nH]n2)cc1. The molecule has 1 N–H and O–H groups in total. The van der Waals surface area contributed by atoms with Gasteiger partial charge in [0.1, 0.15) is 16.5 Å². The van der Waals surface area contributed by atoms with Crippen LogP contribution < -0.4 is 4.74 Å². The molecule has 0 aliphatic carbocycles. The molecule has 0 amide bonds. The highest BCUT2D eigenvalue weighted by atomic mass is 32.1. The van der Waals surface area contributed by atoms with E-state index in [1.165, 1.54) is 11.3 Å². The third-order valence-corrected chi connectivity index (χ3v) is 5.30. The van der Waals surface area contributed by atoms with E-state index in [9.17, 15) is 0 Å². The van der Waals surface area contributed by atoms with Gasteiger partial charge in [-0.3, -0.25) is 10.1 Å². The molecule has 5 rings (SSSR count). The normalized spacial score (nSPS) is 11.2. The number of aryl methyl sites for hydroxylation is 1. The van der Waals surface area contributed by atoms with E-state index >= 15 is 0 Å². The molecule has 28 heavy (non-hydrogen) atoms. The number of fused-ring (bicyclic) bond motifs is 1. The number of H-pyrrole nitrogens is 1. The van der Waals surface area contributed by atoms with E-state index < -0.39 is 0 Å². The van der Waals surface area contributed by atoms with Crippen LogP contribution in [0.15, 0.2) is 48.7 Å². The van der Waals surface area contributed by atoms with Gasteiger partial charge in [-0.25, -0.2) is 0 Å². The van der Waals surface area contributed by atoms with Crippen LogP contribution in [0.25, 0.3) is 38.3 Å². The topological polar surface area (TPSA) is 93.9 Å². The zero-order valence-corrected chi connectivity index (χ0v) is 15.9. The average Bonchev–Trinajstić information content (AvgIpc) is 3.44. The Hall–Kier alpha value is -3.59. The first-order chi connectivity index (χ1) is 13.7. The van der Waals surface area contributed by atoms with Gasteiger partial charge in [0.25, 0.3) is 0 Å². The highest BCUT2D eigenvalue weighted by Crippen LogP contribution is 2.29. The smallest absolute Gasteiger partial charge is 0.235 e. The van der Waals surface area contributed by atoms with E-state index in [0.29, 0.717) is 10.8 Å². The number of methoxy groups -OCH3 is 1. The highest BCUT2D eigenvalue weighted by Gasteiger charge is 2.17. The molecule has 138 valence electrons. The zero-order valence-electron chi connectivity index (χ0n) is 15.1. The van der Waals surface area contributed by atoms with Crippen molar-refractivity contribution in [2.45, 2.75) is 6.92 Å². The lowest BCUT2D eigenvalue weighted by molar-refractivity contribution is 0.415. The number of hydrogen-bond donors (Lipinski definition) is 1. The summed E-state index contributed by atoms with van der Waals surface area (Å²) in [5.41, 5.74) is 4.46. The third-order valence-electron chi connectivity index (χ3n) is 4.35. The van der Waals surface area contributed by atoms with E-state index in [2.05, 4.69) is 30.5 Å². The molecule has 4 heterocycles. The fourth-order valence-electron chi connectivity index (χ4n) is 2.84. The Kier molecular flexibility index (Phi) is 3.87. The quantitative estimate of drug-likeness (QED) is 0.504. The molecular formula is C19H15N7OS. The molecule has 4 aromatic heterocycles. The molecule has 1 aromatic carbocycles. The molecule has 0 radical (unpaired) electrons. The molecule has 0 saturated heterocycles. The van der Waals surface area contributed by atoms with Crippen LogP contribution in [0.3, 0.4) is 0 Å². The fourth-order valence-corrected chi connectivity index (χ4v) is 3.67. The van der Waals surface area contributed by atoms with Crippen molar-refractivity contribution in [1.29, 1.82) is 0 Å². The van der Waals surface area contributed by atoms with Crippen LogP contribution in [0, 0.1) is 6.92 Å². The molecule has 0 unspecified atom stereocenters. The van der Waals surface area contributed by atoms with Crippen molar-refractivity contribution in [3.8, 4) is 39.1 Å². The number of ether oxygens (including phenoxy) is 1. The fraction of sp³-hybridized carbons (Fsp3) is 0.105. The number of hydrogen-bond acceptors (Lipinski definition) is 7. The Morgan fingerprint density at radius 3 is 2.61 bits per heavy atom. The Bertz CT molecular complexity index is 1250. The summed E-state index contributed by atoms with van der Waals surface area (Å²) in [6.45, 7) is 1.96. The second kappa shape index (κ2) is 6.54. The van der Waals surface area contributed by atoms with Crippen molar-refractivity contribution in [2.24, 2.45) is 0 Å². The summed E-state index contributed by atoms with van der Waals surface area (Å²) in [6.07, 6.45) is 1.82. The second-order valence-electron chi connectivity index (χ2n) is 6.21. The first-order valence-electron chi connectivity index (χ1n) is 8.57. The molecule has 0 atom stereocenters. The van der Waals surface area contributed by atoms with Gasteiger partial charge in [-0.1, -0.05) is 11.3 Å². The maximum absolute atomic E-state index is 5.20. The van der Waals surface area contributed by atoms with Crippen molar-refractivity contribution >= 4 is 16.3 Å². The molecule has 0 fully saturated rings. The molecular weight excluding hydrogens is 374 g/mol. The predicted octanol–water partition coefficient (Wildman–Crippen LogP) is 3.62. The summed E-state index contributed by atoms with van der Waals surface area (Å²) in [4.78, 5) is 5.05. The van der Waals surface area contributed by atoms with E-state index in [1.807, 2.05) is 55.6 Å². The van der Waals surface area contributed by atoms with Crippen molar-refractivity contribution < 1.29 is 4.74 Å². The van der Waals surface area contributed by atoms with E-state index in [1.54, 1.807) is 11.6 Å².